The lowest BCUT2D eigenvalue weighted by Gasteiger charge is -2.31. The topological polar surface area (TPSA) is 24.5 Å². The van der Waals surface area contributed by atoms with Crippen molar-refractivity contribution >= 4 is 0 Å². The largest absolute Gasteiger partial charge is 0.378 e. The fourth-order valence-corrected chi connectivity index (χ4v) is 2.74. The van der Waals surface area contributed by atoms with Crippen molar-refractivity contribution in [3.8, 4) is 0 Å². The third kappa shape index (κ3) is 4.30. The third-order valence-electron chi connectivity index (χ3n) is 3.89. The van der Waals surface area contributed by atoms with E-state index in [0.29, 0.717) is 18.2 Å². The molecule has 1 aliphatic heterocycles. The molecule has 1 fully saturated rings. The standard InChI is InChI=1S/C16H26N2O/c1-13-11-15(9-10-19-13)17-12-16(18(2)3)14-7-5-4-6-8-14/h4-8,13,15-17H,9-12H2,1-3H3. The summed E-state index contributed by atoms with van der Waals surface area (Å²) in [7, 11) is 4.29. The van der Waals surface area contributed by atoms with Gasteiger partial charge in [0.2, 0.25) is 0 Å². The Bertz CT molecular complexity index is 366. The zero-order valence-electron chi connectivity index (χ0n) is 12.3. The molecule has 1 saturated heterocycles. The summed E-state index contributed by atoms with van der Waals surface area (Å²) in [6.07, 6.45) is 2.63. The van der Waals surface area contributed by atoms with E-state index in [1.54, 1.807) is 0 Å². The molecule has 0 saturated carbocycles. The van der Waals surface area contributed by atoms with Crippen LogP contribution >= 0.6 is 0 Å². The summed E-state index contributed by atoms with van der Waals surface area (Å²) in [6.45, 7) is 4.04. The first-order valence-electron chi connectivity index (χ1n) is 7.23. The lowest BCUT2D eigenvalue weighted by atomic mass is 10.0. The van der Waals surface area contributed by atoms with Crippen LogP contribution in [-0.4, -0.2) is 44.3 Å². The van der Waals surface area contributed by atoms with Gasteiger partial charge in [0.05, 0.1) is 6.10 Å². The van der Waals surface area contributed by atoms with Crippen molar-refractivity contribution in [3.05, 3.63) is 35.9 Å². The average molecular weight is 262 g/mol. The molecule has 1 heterocycles. The van der Waals surface area contributed by atoms with Gasteiger partial charge in [-0.05, 0) is 39.4 Å². The SMILES string of the molecule is CC1CC(NCC(c2ccccc2)N(C)C)CCO1. The monoisotopic (exact) mass is 262 g/mol. The van der Waals surface area contributed by atoms with E-state index in [4.69, 9.17) is 4.74 Å². The van der Waals surface area contributed by atoms with Gasteiger partial charge in [-0.15, -0.1) is 0 Å². The molecular formula is C16H26N2O. The molecule has 3 nitrogen and oxygen atoms in total. The Labute approximate surface area is 116 Å². The van der Waals surface area contributed by atoms with Crippen LogP contribution in [0.25, 0.3) is 0 Å². The molecule has 106 valence electrons. The van der Waals surface area contributed by atoms with Gasteiger partial charge in [-0.1, -0.05) is 30.3 Å². The summed E-state index contributed by atoms with van der Waals surface area (Å²) in [4.78, 5) is 2.28. The first-order chi connectivity index (χ1) is 9.16. The van der Waals surface area contributed by atoms with E-state index in [2.05, 4.69) is 61.6 Å². The highest BCUT2D eigenvalue weighted by atomic mass is 16.5. The van der Waals surface area contributed by atoms with Crippen molar-refractivity contribution in [1.29, 1.82) is 0 Å². The maximum absolute atomic E-state index is 5.60. The fourth-order valence-electron chi connectivity index (χ4n) is 2.74. The van der Waals surface area contributed by atoms with Gasteiger partial charge in [0.15, 0.2) is 0 Å². The van der Waals surface area contributed by atoms with Crippen LogP contribution in [-0.2, 0) is 4.74 Å². The summed E-state index contributed by atoms with van der Waals surface area (Å²) in [5.41, 5.74) is 1.38. The predicted octanol–water partition coefficient (Wildman–Crippen LogP) is 2.45. The minimum atomic E-state index is 0.390. The summed E-state index contributed by atoms with van der Waals surface area (Å²) in [6, 6.07) is 11.7. The molecule has 0 amide bonds. The van der Waals surface area contributed by atoms with Crippen LogP contribution in [0.3, 0.4) is 0 Å². The maximum Gasteiger partial charge on any atom is 0.0561 e. The van der Waals surface area contributed by atoms with Crippen molar-refractivity contribution in [2.45, 2.75) is 38.0 Å². The number of nitrogens with zero attached hydrogens (tertiary/aromatic N) is 1. The Morgan fingerprint density at radius 2 is 2.05 bits per heavy atom. The van der Waals surface area contributed by atoms with Crippen LogP contribution in [0.2, 0.25) is 0 Å². The molecule has 3 heteroatoms. The van der Waals surface area contributed by atoms with Crippen LogP contribution in [0, 0.1) is 0 Å². The van der Waals surface area contributed by atoms with Gasteiger partial charge < -0.3 is 15.0 Å². The fraction of sp³-hybridized carbons (Fsp3) is 0.625. The molecule has 0 spiro atoms. The summed E-state index contributed by atoms with van der Waals surface area (Å²) >= 11 is 0. The van der Waals surface area contributed by atoms with Crippen LogP contribution in [0.4, 0.5) is 0 Å². The van der Waals surface area contributed by atoms with E-state index >= 15 is 0 Å². The molecule has 0 bridgehead atoms. The first-order valence-corrected chi connectivity index (χ1v) is 7.23. The second kappa shape index (κ2) is 7.04. The molecule has 19 heavy (non-hydrogen) atoms. The van der Waals surface area contributed by atoms with E-state index in [1.807, 2.05) is 0 Å². The van der Waals surface area contributed by atoms with Gasteiger partial charge in [-0.3, -0.25) is 0 Å². The van der Waals surface area contributed by atoms with Crippen LogP contribution in [0.15, 0.2) is 30.3 Å². The van der Waals surface area contributed by atoms with Gasteiger partial charge in [-0.2, -0.15) is 0 Å². The van der Waals surface area contributed by atoms with Gasteiger partial charge >= 0.3 is 0 Å². The number of ether oxygens (including phenoxy) is 1. The van der Waals surface area contributed by atoms with Crippen molar-refractivity contribution < 1.29 is 4.74 Å². The predicted molar refractivity (Wildman–Crippen MR) is 79.3 cm³/mol. The molecule has 1 aromatic carbocycles. The Hall–Kier alpha value is -0.900. The third-order valence-corrected chi connectivity index (χ3v) is 3.89. The van der Waals surface area contributed by atoms with Crippen molar-refractivity contribution in [2.75, 3.05) is 27.2 Å². The zero-order chi connectivity index (χ0) is 13.7. The van der Waals surface area contributed by atoms with Crippen molar-refractivity contribution in [2.24, 2.45) is 0 Å². The molecule has 2 rings (SSSR count). The van der Waals surface area contributed by atoms with Gasteiger partial charge in [0, 0.05) is 25.2 Å². The number of hydrogen-bond donors (Lipinski definition) is 1. The molecule has 0 aliphatic carbocycles. The Morgan fingerprint density at radius 1 is 1.32 bits per heavy atom. The highest BCUT2D eigenvalue weighted by Gasteiger charge is 2.21. The molecule has 1 N–H and O–H groups in total. The number of rotatable bonds is 5. The number of nitrogens with one attached hydrogen (secondary N) is 1. The van der Waals surface area contributed by atoms with E-state index < -0.39 is 0 Å². The van der Waals surface area contributed by atoms with Crippen molar-refractivity contribution in [3.63, 3.8) is 0 Å². The lowest BCUT2D eigenvalue weighted by molar-refractivity contribution is 0.0124. The minimum Gasteiger partial charge on any atom is -0.378 e. The van der Waals surface area contributed by atoms with Gasteiger partial charge in [0.1, 0.15) is 0 Å². The zero-order valence-corrected chi connectivity index (χ0v) is 12.3. The van der Waals surface area contributed by atoms with Crippen LogP contribution < -0.4 is 5.32 Å². The number of likely N-dealkylation sites (N-methyl/N-ethyl adjacent to an activating group) is 1. The molecule has 0 aromatic heterocycles. The molecular weight excluding hydrogens is 236 g/mol. The second-order valence-corrected chi connectivity index (χ2v) is 5.70. The Balaban J connectivity index is 1.91. The molecule has 0 radical (unpaired) electrons. The summed E-state index contributed by atoms with van der Waals surface area (Å²) in [5.74, 6) is 0. The lowest BCUT2D eigenvalue weighted by Crippen LogP contribution is -2.41. The second-order valence-electron chi connectivity index (χ2n) is 5.70. The molecule has 1 aliphatic rings. The minimum absolute atomic E-state index is 0.390. The van der Waals surface area contributed by atoms with Gasteiger partial charge in [0.25, 0.3) is 0 Å². The Morgan fingerprint density at radius 3 is 2.68 bits per heavy atom. The van der Waals surface area contributed by atoms with E-state index in [9.17, 15) is 0 Å². The van der Waals surface area contributed by atoms with E-state index in [0.717, 1.165) is 26.0 Å². The first kappa shape index (κ1) is 14.5. The number of benzene rings is 1. The highest BCUT2D eigenvalue weighted by Crippen LogP contribution is 2.19. The summed E-state index contributed by atoms with van der Waals surface area (Å²) < 4.78 is 5.60. The van der Waals surface area contributed by atoms with E-state index in [-0.39, 0.29) is 0 Å². The normalized spacial score (nSPS) is 25.5. The van der Waals surface area contributed by atoms with Crippen LogP contribution in [0.1, 0.15) is 31.4 Å². The average Bonchev–Trinajstić information content (AvgIpc) is 2.40. The quantitative estimate of drug-likeness (QED) is 0.882. The molecule has 3 atom stereocenters. The maximum atomic E-state index is 5.60. The van der Waals surface area contributed by atoms with E-state index in [1.165, 1.54) is 5.56 Å². The van der Waals surface area contributed by atoms with Crippen molar-refractivity contribution in [1.82, 2.24) is 10.2 Å². The smallest absolute Gasteiger partial charge is 0.0561 e. The molecule has 3 unspecified atom stereocenters. The highest BCUT2D eigenvalue weighted by molar-refractivity contribution is 5.19. The van der Waals surface area contributed by atoms with Gasteiger partial charge in [-0.25, -0.2) is 0 Å². The Kier molecular flexibility index (Phi) is 5.37. The van der Waals surface area contributed by atoms with Crippen LogP contribution in [0.5, 0.6) is 0 Å². The summed E-state index contributed by atoms with van der Waals surface area (Å²) in [5, 5.41) is 3.71. The molecule has 1 aromatic rings. The number of hydrogen-bond acceptors (Lipinski definition) is 3.